The Morgan fingerprint density at radius 1 is 0.550 bits per heavy atom. The van der Waals surface area contributed by atoms with Gasteiger partial charge in [0.25, 0.3) is 0 Å². The number of allylic oxidation sites excluding steroid dienone is 10. The maximum atomic E-state index is 2.54. The van der Waals surface area contributed by atoms with E-state index in [1.807, 2.05) is 11.1 Å². The van der Waals surface area contributed by atoms with Crippen molar-refractivity contribution in [3.05, 3.63) is 59.8 Å². The molecule has 6 rings (SSSR count). The Morgan fingerprint density at radius 3 is 1.50 bits per heavy atom. The molecule has 0 aromatic rings. The molecule has 0 aromatic carbocycles. The molecule has 0 nitrogen and oxygen atoms in total. The van der Waals surface area contributed by atoms with Gasteiger partial charge in [0.05, 0.1) is 0 Å². The van der Waals surface area contributed by atoms with Gasteiger partial charge < -0.3 is 0 Å². The second kappa shape index (κ2) is 3.30. The average Bonchev–Trinajstić information content (AvgIpc) is 3.18. The van der Waals surface area contributed by atoms with Crippen molar-refractivity contribution in [3.63, 3.8) is 0 Å². The van der Waals surface area contributed by atoms with Crippen molar-refractivity contribution >= 4 is 0 Å². The van der Waals surface area contributed by atoms with Gasteiger partial charge in [0.1, 0.15) is 0 Å². The summed E-state index contributed by atoms with van der Waals surface area (Å²) in [5.74, 6) is 6.57. The molecule has 0 spiro atoms. The minimum absolute atomic E-state index is 0.760. The summed E-state index contributed by atoms with van der Waals surface area (Å²) >= 11 is 0. The van der Waals surface area contributed by atoms with Crippen molar-refractivity contribution in [2.75, 3.05) is 0 Å². The summed E-state index contributed by atoms with van der Waals surface area (Å²) in [6, 6.07) is 0. The first-order valence-electron chi connectivity index (χ1n) is 8.35. The van der Waals surface area contributed by atoms with Gasteiger partial charge in [-0.15, -0.1) is 0 Å². The second-order valence-corrected chi connectivity index (χ2v) is 7.69. The molecule has 20 heavy (non-hydrogen) atoms. The summed E-state index contributed by atoms with van der Waals surface area (Å²) in [6.45, 7) is 0. The SMILES string of the molecule is C1=CC2C/C(=C3/CC4C=CC5C=CC3[C@H]54)C3C=CC1[C@H]23. The van der Waals surface area contributed by atoms with Crippen LogP contribution in [0.25, 0.3) is 0 Å². The largest absolute Gasteiger partial charge is 0.0842 e. The molecular formula is C20H20. The Hall–Kier alpha value is -1.30. The molecule has 6 aliphatic carbocycles. The third-order valence-corrected chi connectivity index (χ3v) is 7.08. The summed E-state index contributed by atoms with van der Waals surface area (Å²) in [6.07, 6.45) is 22.7. The highest BCUT2D eigenvalue weighted by Gasteiger charge is 2.51. The summed E-state index contributed by atoms with van der Waals surface area (Å²) in [5.41, 5.74) is 3.70. The Bertz CT molecular complexity index is 585. The van der Waals surface area contributed by atoms with Gasteiger partial charge in [-0.2, -0.15) is 0 Å². The maximum Gasteiger partial charge on any atom is 0.00227 e. The lowest BCUT2D eigenvalue weighted by Gasteiger charge is -2.19. The van der Waals surface area contributed by atoms with Crippen LogP contribution in [0.5, 0.6) is 0 Å². The topological polar surface area (TPSA) is 0 Å². The molecule has 0 aromatic heterocycles. The highest BCUT2D eigenvalue weighted by molar-refractivity contribution is 5.44. The lowest BCUT2D eigenvalue weighted by Crippen LogP contribution is -2.12. The van der Waals surface area contributed by atoms with Gasteiger partial charge in [0, 0.05) is 11.8 Å². The fourth-order valence-corrected chi connectivity index (χ4v) is 6.35. The van der Waals surface area contributed by atoms with Crippen molar-refractivity contribution in [3.8, 4) is 0 Å². The van der Waals surface area contributed by atoms with E-state index < -0.39 is 0 Å². The monoisotopic (exact) mass is 260 g/mol. The van der Waals surface area contributed by atoms with E-state index in [1.54, 1.807) is 0 Å². The van der Waals surface area contributed by atoms with Gasteiger partial charge in [0.15, 0.2) is 0 Å². The number of hydrogen-bond acceptors (Lipinski definition) is 0. The van der Waals surface area contributed by atoms with Gasteiger partial charge in [-0.1, -0.05) is 59.8 Å². The molecule has 6 aliphatic rings. The normalized spacial score (nSPS) is 59.2. The third kappa shape index (κ3) is 1.05. The van der Waals surface area contributed by atoms with E-state index in [4.69, 9.17) is 0 Å². The highest BCUT2D eigenvalue weighted by atomic mass is 14.6. The minimum Gasteiger partial charge on any atom is -0.0842 e. The first kappa shape index (κ1) is 10.4. The zero-order chi connectivity index (χ0) is 12.8. The van der Waals surface area contributed by atoms with Gasteiger partial charge >= 0.3 is 0 Å². The van der Waals surface area contributed by atoms with Gasteiger partial charge in [0.2, 0.25) is 0 Å². The van der Waals surface area contributed by atoms with Crippen LogP contribution in [0.2, 0.25) is 0 Å². The van der Waals surface area contributed by atoms with E-state index in [1.165, 1.54) is 12.8 Å². The van der Waals surface area contributed by atoms with E-state index in [0.29, 0.717) is 0 Å². The highest BCUT2D eigenvalue weighted by Crippen LogP contribution is 2.61. The predicted molar refractivity (Wildman–Crippen MR) is 80.7 cm³/mol. The first-order valence-corrected chi connectivity index (χ1v) is 8.35. The van der Waals surface area contributed by atoms with Crippen molar-refractivity contribution in [2.24, 2.45) is 47.3 Å². The molecular weight excluding hydrogens is 240 g/mol. The summed E-state index contributed by atoms with van der Waals surface area (Å²) in [7, 11) is 0. The van der Waals surface area contributed by atoms with Crippen molar-refractivity contribution in [1.82, 2.24) is 0 Å². The summed E-state index contributed by atoms with van der Waals surface area (Å²) in [5, 5.41) is 0. The first-order chi connectivity index (χ1) is 9.90. The van der Waals surface area contributed by atoms with Crippen LogP contribution < -0.4 is 0 Å². The predicted octanol–water partition coefficient (Wildman–Crippen LogP) is 4.30. The molecule has 2 fully saturated rings. The fourth-order valence-electron chi connectivity index (χ4n) is 6.35. The average molecular weight is 260 g/mol. The Kier molecular flexibility index (Phi) is 1.72. The van der Waals surface area contributed by atoms with Gasteiger partial charge in [-0.05, 0) is 48.3 Å². The van der Waals surface area contributed by atoms with Crippen LogP contribution in [0.3, 0.4) is 0 Å². The zero-order valence-corrected chi connectivity index (χ0v) is 11.7. The molecule has 6 unspecified atom stereocenters. The van der Waals surface area contributed by atoms with E-state index in [2.05, 4.69) is 48.6 Å². The Morgan fingerprint density at radius 2 is 1.00 bits per heavy atom. The van der Waals surface area contributed by atoms with Crippen LogP contribution in [0.15, 0.2) is 59.8 Å². The molecule has 0 bridgehead atoms. The third-order valence-electron chi connectivity index (χ3n) is 7.08. The van der Waals surface area contributed by atoms with Crippen molar-refractivity contribution in [2.45, 2.75) is 12.8 Å². The van der Waals surface area contributed by atoms with Crippen LogP contribution in [-0.2, 0) is 0 Å². The van der Waals surface area contributed by atoms with Crippen LogP contribution in [0, 0.1) is 47.3 Å². The van der Waals surface area contributed by atoms with Crippen LogP contribution >= 0.6 is 0 Å². The molecule has 0 radical (unpaired) electrons. The molecule has 0 N–H and O–H groups in total. The van der Waals surface area contributed by atoms with Gasteiger partial charge in [-0.25, -0.2) is 0 Å². The lowest BCUT2D eigenvalue weighted by molar-refractivity contribution is 0.402. The smallest absolute Gasteiger partial charge is 0.00227 e. The summed E-state index contributed by atoms with van der Waals surface area (Å²) < 4.78 is 0. The van der Waals surface area contributed by atoms with Crippen molar-refractivity contribution < 1.29 is 0 Å². The number of rotatable bonds is 0. The van der Waals surface area contributed by atoms with Crippen LogP contribution in [0.1, 0.15) is 12.8 Å². The molecule has 0 saturated heterocycles. The molecule has 0 heterocycles. The van der Waals surface area contributed by atoms with E-state index in [9.17, 15) is 0 Å². The molecule has 0 heteroatoms. The van der Waals surface area contributed by atoms with E-state index in [-0.39, 0.29) is 0 Å². The molecule has 0 amide bonds. The van der Waals surface area contributed by atoms with Crippen LogP contribution in [-0.4, -0.2) is 0 Å². The van der Waals surface area contributed by atoms with E-state index in [0.717, 1.165) is 47.3 Å². The number of hydrogen-bond donors (Lipinski definition) is 0. The lowest BCUT2D eigenvalue weighted by atomic mass is 9.85. The molecule has 100 valence electrons. The molecule has 2 saturated carbocycles. The zero-order valence-electron chi connectivity index (χ0n) is 11.7. The summed E-state index contributed by atoms with van der Waals surface area (Å²) in [4.78, 5) is 0. The second-order valence-electron chi connectivity index (χ2n) is 7.69. The van der Waals surface area contributed by atoms with Crippen molar-refractivity contribution in [1.29, 1.82) is 0 Å². The molecule has 8 atom stereocenters. The Labute approximate surface area is 120 Å². The van der Waals surface area contributed by atoms with Crippen LogP contribution in [0.4, 0.5) is 0 Å². The standard InChI is InChI=1S/C20H20/c1-3-13-9-17(15-7-5-11(1)19(13)15)18-10-14-4-2-12-6-8-16(18)20(12)14/h1-8,11-16,19-20H,9-10H2/b18-17+/t11?,12?,13?,14?,15?,16?,19-,20-/m1/s1. The minimum atomic E-state index is 0.760. The fraction of sp³-hybridized carbons (Fsp3) is 0.500. The quantitative estimate of drug-likeness (QED) is 0.570. The maximum absolute atomic E-state index is 2.54. The Balaban J connectivity index is 1.48. The van der Waals surface area contributed by atoms with Gasteiger partial charge in [-0.3, -0.25) is 0 Å². The van der Waals surface area contributed by atoms with E-state index >= 15 is 0 Å². The molecule has 0 aliphatic heterocycles.